The first-order valence-corrected chi connectivity index (χ1v) is 6.23. The number of aliphatic carboxylic acids is 1. The summed E-state index contributed by atoms with van der Waals surface area (Å²) in [5.74, 6) is -0.720. The van der Waals surface area contributed by atoms with Crippen molar-refractivity contribution < 1.29 is 14.3 Å². The third kappa shape index (κ3) is 2.07. The standard InChI is InChI=1S/C12H13FO2S/c1-7(12(14)15)9-4-5-16-11-3-2-8(13)6-10(9)11/h2-3,6-7,9H,4-5H2,1H3,(H,14,15). The number of rotatable bonds is 2. The van der Waals surface area contributed by atoms with Gasteiger partial charge in [-0.25, -0.2) is 4.39 Å². The largest absolute Gasteiger partial charge is 0.481 e. The molecule has 0 radical (unpaired) electrons. The highest BCUT2D eigenvalue weighted by molar-refractivity contribution is 7.99. The predicted molar refractivity (Wildman–Crippen MR) is 61.3 cm³/mol. The lowest BCUT2D eigenvalue weighted by Crippen LogP contribution is -2.22. The molecule has 0 bridgehead atoms. The van der Waals surface area contributed by atoms with Crippen LogP contribution in [0.15, 0.2) is 23.1 Å². The maximum atomic E-state index is 13.2. The van der Waals surface area contributed by atoms with E-state index < -0.39 is 11.9 Å². The number of halogens is 1. The molecule has 1 aromatic carbocycles. The highest BCUT2D eigenvalue weighted by Crippen LogP contribution is 2.41. The van der Waals surface area contributed by atoms with Crippen LogP contribution in [0.4, 0.5) is 4.39 Å². The van der Waals surface area contributed by atoms with E-state index in [2.05, 4.69) is 0 Å². The lowest BCUT2D eigenvalue weighted by atomic mass is 9.85. The zero-order valence-electron chi connectivity index (χ0n) is 8.94. The van der Waals surface area contributed by atoms with Gasteiger partial charge in [-0.05, 0) is 41.9 Å². The van der Waals surface area contributed by atoms with Crippen LogP contribution in [-0.2, 0) is 4.79 Å². The number of carboxylic acid groups (broad SMARTS) is 1. The maximum Gasteiger partial charge on any atom is 0.306 e. The summed E-state index contributed by atoms with van der Waals surface area (Å²) in [7, 11) is 0. The highest BCUT2D eigenvalue weighted by atomic mass is 32.2. The molecule has 2 unspecified atom stereocenters. The van der Waals surface area contributed by atoms with E-state index in [1.165, 1.54) is 12.1 Å². The number of fused-ring (bicyclic) bond motifs is 1. The van der Waals surface area contributed by atoms with Crippen LogP contribution in [0.25, 0.3) is 0 Å². The van der Waals surface area contributed by atoms with E-state index in [-0.39, 0.29) is 11.7 Å². The van der Waals surface area contributed by atoms with Gasteiger partial charge in [0.25, 0.3) is 0 Å². The van der Waals surface area contributed by atoms with Crippen molar-refractivity contribution >= 4 is 17.7 Å². The number of benzene rings is 1. The molecule has 86 valence electrons. The van der Waals surface area contributed by atoms with Gasteiger partial charge in [0.15, 0.2) is 0 Å². The van der Waals surface area contributed by atoms with Crippen LogP contribution in [0.2, 0.25) is 0 Å². The molecule has 16 heavy (non-hydrogen) atoms. The van der Waals surface area contributed by atoms with E-state index in [4.69, 9.17) is 5.11 Å². The minimum absolute atomic E-state index is 0.0653. The van der Waals surface area contributed by atoms with Gasteiger partial charge in [0.05, 0.1) is 5.92 Å². The molecule has 0 saturated heterocycles. The lowest BCUT2D eigenvalue weighted by molar-refractivity contribution is -0.141. The number of hydrogen-bond donors (Lipinski definition) is 1. The molecule has 1 N–H and O–H groups in total. The van der Waals surface area contributed by atoms with Crippen molar-refractivity contribution in [3.63, 3.8) is 0 Å². The Kier molecular flexibility index (Phi) is 3.19. The second-order valence-electron chi connectivity index (χ2n) is 4.05. The molecule has 1 aromatic rings. The third-order valence-corrected chi connectivity index (χ3v) is 4.17. The monoisotopic (exact) mass is 240 g/mol. The second-order valence-corrected chi connectivity index (χ2v) is 5.19. The molecule has 1 aliphatic rings. The van der Waals surface area contributed by atoms with Crippen LogP contribution >= 0.6 is 11.8 Å². The van der Waals surface area contributed by atoms with Crippen LogP contribution in [0.1, 0.15) is 24.8 Å². The molecule has 1 aliphatic heterocycles. The summed E-state index contributed by atoms with van der Waals surface area (Å²) in [6.45, 7) is 1.69. The van der Waals surface area contributed by atoms with E-state index >= 15 is 0 Å². The summed E-state index contributed by atoms with van der Waals surface area (Å²) in [6, 6.07) is 4.65. The van der Waals surface area contributed by atoms with Crippen molar-refractivity contribution in [3.05, 3.63) is 29.6 Å². The van der Waals surface area contributed by atoms with E-state index in [1.54, 1.807) is 24.8 Å². The van der Waals surface area contributed by atoms with Gasteiger partial charge in [-0.1, -0.05) is 6.92 Å². The molecular weight excluding hydrogens is 227 g/mol. The Hall–Kier alpha value is -1.03. The van der Waals surface area contributed by atoms with Gasteiger partial charge in [0.2, 0.25) is 0 Å². The molecular formula is C12H13FO2S. The van der Waals surface area contributed by atoms with Gasteiger partial charge in [0, 0.05) is 4.90 Å². The number of carbonyl (C=O) groups is 1. The van der Waals surface area contributed by atoms with Crippen LogP contribution in [0.5, 0.6) is 0 Å². The Morgan fingerprint density at radius 1 is 1.62 bits per heavy atom. The molecule has 0 spiro atoms. The zero-order valence-corrected chi connectivity index (χ0v) is 9.76. The Labute approximate surface area is 97.9 Å². The minimum atomic E-state index is -0.813. The zero-order chi connectivity index (χ0) is 11.7. The van der Waals surface area contributed by atoms with Gasteiger partial charge >= 0.3 is 5.97 Å². The molecule has 0 aliphatic carbocycles. The number of carboxylic acids is 1. The molecule has 4 heteroatoms. The van der Waals surface area contributed by atoms with Crippen molar-refractivity contribution in [2.24, 2.45) is 5.92 Å². The first-order chi connectivity index (χ1) is 7.59. The quantitative estimate of drug-likeness (QED) is 0.863. The first-order valence-electron chi connectivity index (χ1n) is 5.24. The van der Waals surface area contributed by atoms with Crippen LogP contribution in [-0.4, -0.2) is 16.8 Å². The fraction of sp³-hybridized carbons (Fsp3) is 0.417. The molecule has 1 heterocycles. The number of hydrogen-bond acceptors (Lipinski definition) is 2. The highest BCUT2D eigenvalue weighted by Gasteiger charge is 2.29. The van der Waals surface area contributed by atoms with E-state index in [0.29, 0.717) is 0 Å². The summed E-state index contributed by atoms with van der Waals surface area (Å²) >= 11 is 1.67. The summed E-state index contributed by atoms with van der Waals surface area (Å²) in [4.78, 5) is 12.0. The third-order valence-electron chi connectivity index (χ3n) is 3.05. The second kappa shape index (κ2) is 4.45. The molecule has 0 fully saturated rings. The Bertz CT molecular complexity index is 419. The average molecular weight is 240 g/mol. The summed E-state index contributed by atoms with van der Waals surface area (Å²) in [5, 5.41) is 9.03. The molecule has 2 nitrogen and oxygen atoms in total. The van der Waals surface area contributed by atoms with E-state index in [1.807, 2.05) is 0 Å². The van der Waals surface area contributed by atoms with Gasteiger partial charge in [-0.2, -0.15) is 0 Å². The summed E-state index contributed by atoms with van der Waals surface area (Å²) in [6.07, 6.45) is 0.800. The molecule has 0 amide bonds. The van der Waals surface area contributed by atoms with Gasteiger partial charge in [0.1, 0.15) is 5.82 Å². The van der Waals surface area contributed by atoms with Crippen molar-refractivity contribution in [2.75, 3.05) is 5.75 Å². The van der Waals surface area contributed by atoms with Gasteiger partial charge < -0.3 is 5.11 Å². The van der Waals surface area contributed by atoms with Crippen molar-refractivity contribution in [1.82, 2.24) is 0 Å². The molecule has 2 rings (SSSR count). The Morgan fingerprint density at radius 2 is 2.38 bits per heavy atom. The smallest absolute Gasteiger partial charge is 0.306 e. The first kappa shape index (κ1) is 11.5. The van der Waals surface area contributed by atoms with E-state index in [9.17, 15) is 9.18 Å². The van der Waals surface area contributed by atoms with Crippen molar-refractivity contribution in [1.29, 1.82) is 0 Å². The molecule has 0 saturated carbocycles. The van der Waals surface area contributed by atoms with E-state index in [0.717, 1.165) is 22.6 Å². The van der Waals surface area contributed by atoms with Crippen molar-refractivity contribution in [3.8, 4) is 0 Å². The normalized spacial score (nSPS) is 21.2. The lowest BCUT2D eigenvalue weighted by Gasteiger charge is -2.27. The van der Waals surface area contributed by atoms with Crippen LogP contribution in [0.3, 0.4) is 0 Å². The van der Waals surface area contributed by atoms with Crippen LogP contribution in [0, 0.1) is 11.7 Å². The Balaban J connectivity index is 2.38. The Morgan fingerprint density at radius 3 is 3.06 bits per heavy atom. The van der Waals surface area contributed by atoms with Crippen molar-refractivity contribution in [2.45, 2.75) is 24.2 Å². The minimum Gasteiger partial charge on any atom is -0.481 e. The van der Waals surface area contributed by atoms with Gasteiger partial charge in [-0.3, -0.25) is 4.79 Å². The predicted octanol–water partition coefficient (Wildman–Crippen LogP) is 3.13. The topological polar surface area (TPSA) is 37.3 Å². The fourth-order valence-corrected chi connectivity index (χ4v) is 3.22. The SMILES string of the molecule is CC(C(=O)O)C1CCSc2ccc(F)cc21. The van der Waals surface area contributed by atoms with Gasteiger partial charge in [-0.15, -0.1) is 11.8 Å². The average Bonchev–Trinajstić information content (AvgIpc) is 2.27. The van der Waals surface area contributed by atoms with Crippen LogP contribution < -0.4 is 0 Å². The summed E-state index contributed by atoms with van der Waals surface area (Å²) < 4.78 is 13.2. The summed E-state index contributed by atoms with van der Waals surface area (Å²) in [5.41, 5.74) is 0.853. The number of thioether (sulfide) groups is 1. The molecule has 0 aromatic heterocycles. The maximum absolute atomic E-state index is 13.2. The fourth-order valence-electron chi connectivity index (χ4n) is 2.08. The molecule has 2 atom stereocenters.